The zero-order chi connectivity index (χ0) is 14.8. The maximum Gasteiger partial charge on any atom is 0.280 e. The summed E-state index contributed by atoms with van der Waals surface area (Å²) in [5, 5.41) is 4.17. The van der Waals surface area contributed by atoms with Crippen molar-refractivity contribution < 1.29 is 4.79 Å². The molecule has 0 atom stereocenters. The summed E-state index contributed by atoms with van der Waals surface area (Å²) in [6.45, 7) is 0. The topological polar surface area (TPSA) is 81.5 Å². The second-order valence-corrected chi connectivity index (χ2v) is 5.66. The van der Waals surface area contributed by atoms with Crippen LogP contribution < -0.4 is 11.5 Å². The summed E-state index contributed by atoms with van der Waals surface area (Å²) in [4.78, 5) is 15.6. The first-order valence-corrected chi connectivity index (χ1v) is 7.59. The van der Waals surface area contributed by atoms with Crippen LogP contribution in [0.1, 0.15) is 33.5 Å². The van der Waals surface area contributed by atoms with Gasteiger partial charge in [0.15, 0.2) is 5.96 Å². The van der Waals surface area contributed by atoms with Gasteiger partial charge in [0.05, 0.1) is 0 Å². The third kappa shape index (κ3) is 2.73. The highest BCUT2D eigenvalue weighted by molar-refractivity contribution is 7.08. The van der Waals surface area contributed by atoms with Gasteiger partial charge in [-0.1, -0.05) is 12.1 Å². The summed E-state index contributed by atoms with van der Waals surface area (Å²) in [5.74, 6) is -0.626. The number of guanidine groups is 1. The second-order valence-electron chi connectivity index (χ2n) is 4.88. The summed E-state index contributed by atoms with van der Waals surface area (Å²) in [6, 6.07) is 7.75. The number of fused-ring (bicyclic) bond motifs is 1. The number of allylic oxidation sites excluding steroid dienone is 1. The molecule has 0 bridgehead atoms. The summed E-state index contributed by atoms with van der Waals surface area (Å²) in [5.41, 5.74) is 15.8. The number of rotatable bonds is 2. The van der Waals surface area contributed by atoms with Gasteiger partial charge < -0.3 is 11.5 Å². The molecule has 21 heavy (non-hydrogen) atoms. The molecule has 0 aliphatic heterocycles. The lowest BCUT2D eigenvalue weighted by atomic mass is 9.87. The van der Waals surface area contributed by atoms with Crippen LogP contribution >= 0.6 is 11.3 Å². The van der Waals surface area contributed by atoms with E-state index in [0.717, 1.165) is 18.4 Å². The number of carbonyl (C=O) groups excluding carboxylic acids is 1. The van der Waals surface area contributed by atoms with Gasteiger partial charge in [-0.25, -0.2) is 0 Å². The van der Waals surface area contributed by atoms with Gasteiger partial charge in [0.1, 0.15) is 0 Å². The molecule has 0 radical (unpaired) electrons. The lowest BCUT2D eigenvalue weighted by molar-refractivity contribution is 0.100. The Kier molecular flexibility index (Phi) is 3.58. The first kappa shape index (κ1) is 13.6. The Morgan fingerprint density at radius 2 is 2.10 bits per heavy atom. The number of amides is 1. The van der Waals surface area contributed by atoms with Gasteiger partial charge in [-0.05, 0) is 64.1 Å². The Morgan fingerprint density at radius 1 is 1.24 bits per heavy atom. The fraction of sp³-hybridized carbons (Fsp3) is 0.125. The van der Waals surface area contributed by atoms with Crippen molar-refractivity contribution in [1.29, 1.82) is 0 Å². The van der Waals surface area contributed by atoms with Crippen LogP contribution in [-0.4, -0.2) is 11.9 Å². The fourth-order valence-electron chi connectivity index (χ4n) is 2.53. The number of thiophene rings is 1. The number of carbonyl (C=O) groups is 1. The van der Waals surface area contributed by atoms with E-state index in [4.69, 9.17) is 11.5 Å². The number of nitrogens with two attached hydrogens (primary N) is 2. The quantitative estimate of drug-likeness (QED) is 0.660. The van der Waals surface area contributed by atoms with Gasteiger partial charge in [0.2, 0.25) is 0 Å². The lowest BCUT2D eigenvalue weighted by Gasteiger charge is -2.18. The Bertz CT molecular complexity index is 741. The Labute approximate surface area is 126 Å². The van der Waals surface area contributed by atoms with Gasteiger partial charge >= 0.3 is 0 Å². The van der Waals surface area contributed by atoms with Crippen molar-refractivity contribution in [3.8, 4) is 0 Å². The van der Waals surface area contributed by atoms with Gasteiger partial charge in [0, 0.05) is 5.56 Å². The van der Waals surface area contributed by atoms with E-state index < -0.39 is 5.91 Å². The highest BCUT2D eigenvalue weighted by atomic mass is 32.1. The predicted octanol–water partition coefficient (Wildman–Crippen LogP) is 2.54. The lowest BCUT2D eigenvalue weighted by Crippen LogP contribution is -2.24. The van der Waals surface area contributed by atoms with Crippen molar-refractivity contribution >= 4 is 28.8 Å². The third-order valence-corrected chi connectivity index (χ3v) is 4.16. The van der Waals surface area contributed by atoms with Crippen molar-refractivity contribution in [3.05, 3.63) is 63.4 Å². The van der Waals surface area contributed by atoms with E-state index in [-0.39, 0.29) is 5.96 Å². The maximum atomic E-state index is 12.0. The summed E-state index contributed by atoms with van der Waals surface area (Å²) < 4.78 is 0. The van der Waals surface area contributed by atoms with Crippen LogP contribution in [0.25, 0.3) is 5.57 Å². The van der Waals surface area contributed by atoms with Gasteiger partial charge in [0.25, 0.3) is 5.91 Å². The number of nitrogens with zero attached hydrogens (tertiary/aromatic N) is 1. The SMILES string of the molecule is NC(N)=NC(=O)c1ccc2c(c1)C(c1ccsc1)=CCC2. The average Bonchev–Trinajstić information content (AvgIpc) is 2.99. The highest BCUT2D eigenvalue weighted by Crippen LogP contribution is 2.33. The van der Waals surface area contributed by atoms with Gasteiger partial charge in [-0.3, -0.25) is 4.79 Å². The zero-order valence-corrected chi connectivity index (χ0v) is 12.2. The molecular weight excluding hydrogens is 282 g/mol. The second kappa shape index (κ2) is 5.54. The molecule has 0 unspecified atom stereocenters. The van der Waals surface area contributed by atoms with Crippen LogP contribution in [0, 0.1) is 0 Å². The molecule has 1 aromatic carbocycles. The number of aliphatic imine (C=N–C) groups is 1. The Balaban J connectivity index is 2.05. The van der Waals surface area contributed by atoms with Crippen molar-refractivity contribution in [2.24, 2.45) is 16.5 Å². The summed E-state index contributed by atoms with van der Waals surface area (Å²) in [7, 11) is 0. The molecule has 1 amide bonds. The van der Waals surface area contributed by atoms with Crippen LogP contribution in [0.5, 0.6) is 0 Å². The Hall–Kier alpha value is -2.40. The molecule has 0 spiro atoms. The molecule has 1 aromatic heterocycles. The molecule has 4 N–H and O–H groups in total. The van der Waals surface area contributed by atoms with Gasteiger partial charge in [-0.2, -0.15) is 16.3 Å². The van der Waals surface area contributed by atoms with E-state index in [1.807, 2.05) is 12.1 Å². The molecule has 1 heterocycles. The standard InChI is InChI=1S/C16H15N3OS/c17-16(18)19-15(20)11-5-4-10-2-1-3-13(14(10)8-11)12-6-7-21-9-12/h3-9H,1-2H2,(H4,17,18,19,20). The smallest absolute Gasteiger partial charge is 0.280 e. The van der Waals surface area contributed by atoms with Crippen LogP contribution in [0.4, 0.5) is 0 Å². The molecule has 0 saturated carbocycles. The summed E-state index contributed by atoms with van der Waals surface area (Å²) in [6.07, 6.45) is 4.22. The minimum absolute atomic E-state index is 0.216. The van der Waals surface area contributed by atoms with E-state index in [1.165, 1.54) is 16.7 Å². The van der Waals surface area contributed by atoms with E-state index in [2.05, 4.69) is 27.9 Å². The molecule has 5 heteroatoms. The minimum atomic E-state index is -0.409. The van der Waals surface area contributed by atoms with Gasteiger partial charge in [-0.15, -0.1) is 0 Å². The van der Waals surface area contributed by atoms with Crippen molar-refractivity contribution in [1.82, 2.24) is 0 Å². The van der Waals surface area contributed by atoms with Crippen LogP contribution in [0.3, 0.4) is 0 Å². The van der Waals surface area contributed by atoms with E-state index in [9.17, 15) is 4.79 Å². The average molecular weight is 297 g/mol. The van der Waals surface area contributed by atoms with Crippen LogP contribution in [0.2, 0.25) is 0 Å². The monoisotopic (exact) mass is 297 g/mol. The van der Waals surface area contributed by atoms with Crippen molar-refractivity contribution in [3.63, 3.8) is 0 Å². The molecule has 1 aliphatic carbocycles. The molecule has 0 saturated heterocycles. The molecule has 0 fully saturated rings. The number of hydrogen-bond donors (Lipinski definition) is 2. The zero-order valence-electron chi connectivity index (χ0n) is 11.4. The molecule has 4 nitrogen and oxygen atoms in total. The first-order chi connectivity index (χ1) is 10.1. The third-order valence-electron chi connectivity index (χ3n) is 3.47. The molecular formula is C16H15N3OS. The fourth-order valence-corrected chi connectivity index (χ4v) is 3.19. The maximum absolute atomic E-state index is 12.0. The van der Waals surface area contributed by atoms with Crippen LogP contribution in [0.15, 0.2) is 46.1 Å². The number of hydrogen-bond acceptors (Lipinski definition) is 2. The van der Waals surface area contributed by atoms with E-state index >= 15 is 0 Å². The number of benzene rings is 1. The minimum Gasteiger partial charge on any atom is -0.370 e. The van der Waals surface area contributed by atoms with Crippen LogP contribution in [-0.2, 0) is 6.42 Å². The van der Waals surface area contributed by atoms with Crippen molar-refractivity contribution in [2.75, 3.05) is 0 Å². The first-order valence-electron chi connectivity index (χ1n) is 6.65. The van der Waals surface area contributed by atoms with E-state index in [1.54, 1.807) is 17.4 Å². The molecule has 2 aromatic rings. The molecule has 106 valence electrons. The Morgan fingerprint density at radius 3 is 2.81 bits per heavy atom. The van der Waals surface area contributed by atoms with Crippen molar-refractivity contribution in [2.45, 2.75) is 12.8 Å². The predicted molar refractivity (Wildman–Crippen MR) is 86.3 cm³/mol. The summed E-state index contributed by atoms with van der Waals surface area (Å²) >= 11 is 1.66. The molecule has 1 aliphatic rings. The normalized spacial score (nSPS) is 13.2. The highest BCUT2D eigenvalue weighted by Gasteiger charge is 2.17. The van der Waals surface area contributed by atoms with E-state index in [0.29, 0.717) is 5.56 Å². The largest absolute Gasteiger partial charge is 0.370 e. The number of aryl methyl sites for hydroxylation is 1. The molecule has 3 rings (SSSR count).